The Labute approximate surface area is 176 Å². The lowest BCUT2D eigenvalue weighted by atomic mass is 9.95. The van der Waals surface area contributed by atoms with Crippen LogP contribution in [0.4, 0.5) is 0 Å². The molecule has 3 atom stereocenters. The van der Waals surface area contributed by atoms with Gasteiger partial charge in [-0.1, -0.05) is 26.2 Å². The first-order valence-electron chi connectivity index (χ1n) is 9.72. The van der Waals surface area contributed by atoms with Crippen LogP contribution in [0, 0.1) is 5.92 Å². The molecule has 0 radical (unpaired) electrons. The molecule has 1 aromatic carbocycles. The molecule has 3 unspecified atom stereocenters. The second-order valence-corrected chi connectivity index (χ2v) is 9.31. The van der Waals surface area contributed by atoms with Crippen LogP contribution in [0.15, 0.2) is 12.1 Å². The van der Waals surface area contributed by atoms with Gasteiger partial charge in [0.1, 0.15) is 0 Å². The molecule has 30 heavy (non-hydrogen) atoms. The SMILES string of the molecule is CCCCCC(C(CCC(=O)O)C(=O)O)P(=O)(O)c1ccc(OC)c(OC)c1OC. The zero-order valence-corrected chi connectivity index (χ0v) is 18.7. The van der Waals surface area contributed by atoms with E-state index < -0.39 is 37.3 Å². The third-order valence-electron chi connectivity index (χ3n) is 5.03. The minimum absolute atomic E-state index is 0.00875. The Hall–Kier alpha value is -2.25. The standard InChI is InChI=1S/C20H31O9P/c1-5-6-7-8-15(13(20(23)24)9-12-17(21)22)30(25,26)16-11-10-14(27-2)18(28-3)19(16)29-4/h10-11,13,15H,5-9,12H2,1-4H3,(H,21,22)(H,23,24)(H,25,26). The van der Waals surface area contributed by atoms with Gasteiger partial charge in [0.15, 0.2) is 11.5 Å². The zero-order valence-electron chi connectivity index (χ0n) is 17.8. The Balaban J connectivity index is 3.55. The summed E-state index contributed by atoms with van der Waals surface area (Å²) in [5, 5.41) is 18.6. The van der Waals surface area contributed by atoms with Gasteiger partial charge >= 0.3 is 11.9 Å². The fraction of sp³-hybridized carbons (Fsp3) is 0.600. The van der Waals surface area contributed by atoms with Gasteiger partial charge in [-0.3, -0.25) is 14.2 Å². The minimum atomic E-state index is -4.32. The fourth-order valence-corrected chi connectivity index (χ4v) is 5.93. The third kappa shape index (κ3) is 6.12. The summed E-state index contributed by atoms with van der Waals surface area (Å²) in [4.78, 5) is 34.1. The lowest BCUT2D eigenvalue weighted by Crippen LogP contribution is -2.32. The van der Waals surface area contributed by atoms with Crippen LogP contribution in [-0.2, 0) is 14.2 Å². The Kier molecular flexibility index (Phi) is 10.2. The molecule has 0 saturated heterocycles. The van der Waals surface area contributed by atoms with Gasteiger partial charge in [0, 0.05) is 6.42 Å². The maximum absolute atomic E-state index is 13.7. The van der Waals surface area contributed by atoms with Crippen LogP contribution >= 0.6 is 7.37 Å². The van der Waals surface area contributed by atoms with E-state index in [-0.39, 0.29) is 29.6 Å². The van der Waals surface area contributed by atoms with E-state index in [9.17, 15) is 24.2 Å². The Bertz CT molecular complexity index is 778. The van der Waals surface area contributed by atoms with Crippen LogP contribution in [0.1, 0.15) is 45.4 Å². The molecule has 0 aliphatic rings. The van der Waals surface area contributed by atoms with Crippen molar-refractivity contribution in [3.05, 3.63) is 12.1 Å². The van der Waals surface area contributed by atoms with E-state index in [4.69, 9.17) is 19.3 Å². The van der Waals surface area contributed by atoms with Gasteiger partial charge in [0.25, 0.3) is 0 Å². The van der Waals surface area contributed by atoms with Crippen molar-refractivity contribution in [1.29, 1.82) is 0 Å². The third-order valence-corrected chi connectivity index (χ3v) is 7.59. The van der Waals surface area contributed by atoms with E-state index in [0.29, 0.717) is 12.2 Å². The van der Waals surface area contributed by atoms with Gasteiger partial charge in [-0.25, -0.2) is 0 Å². The molecule has 0 aliphatic heterocycles. The summed E-state index contributed by atoms with van der Waals surface area (Å²) in [7, 11) is -0.241. The quantitative estimate of drug-likeness (QED) is 0.290. The molecule has 0 saturated carbocycles. The molecule has 3 N–H and O–H groups in total. The summed E-state index contributed by atoms with van der Waals surface area (Å²) in [5.74, 6) is -3.36. The van der Waals surface area contributed by atoms with Crippen molar-refractivity contribution >= 4 is 24.6 Å². The number of benzene rings is 1. The van der Waals surface area contributed by atoms with Crippen molar-refractivity contribution in [2.45, 2.75) is 51.1 Å². The molecule has 9 nitrogen and oxygen atoms in total. The topological polar surface area (TPSA) is 140 Å². The summed E-state index contributed by atoms with van der Waals surface area (Å²) in [5.41, 5.74) is -1.17. The highest BCUT2D eigenvalue weighted by atomic mass is 31.2. The van der Waals surface area contributed by atoms with E-state index in [1.54, 1.807) is 0 Å². The number of unbranched alkanes of at least 4 members (excludes halogenated alkanes) is 2. The van der Waals surface area contributed by atoms with Crippen LogP contribution in [0.25, 0.3) is 0 Å². The number of hydrogen-bond acceptors (Lipinski definition) is 6. The number of carbonyl (C=O) groups is 2. The Morgan fingerprint density at radius 2 is 1.63 bits per heavy atom. The summed E-state index contributed by atoms with van der Waals surface area (Å²) in [6.07, 6.45) is 1.64. The molecule has 170 valence electrons. The summed E-state index contributed by atoms with van der Waals surface area (Å²) in [6.45, 7) is 1.96. The number of rotatable bonds is 14. The average Bonchev–Trinajstić information content (AvgIpc) is 2.70. The molecule has 0 amide bonds. The second kappa shape index (κ2) is 11.8. The highest BCUT2D eigenvalue weighted by molar-refractivity contribution is 7.67. The van der Waals surface area contributed by atoms with Gasteiger partial charge in [-0.05, 0) is 25.0 Å². The van der Waals surface area contributed by atoms with Crippen LogP contribution < -0.4 is 19.5 Å². The molecule has 1 rings (SSSR count). The first-order chi connectivity index (χ1) is 14.1. The zero-order chi connectivity index (χ0) is 22.9. The van der Waals surface area contributed by atoms with Crippen molar-refractivity contribution < 1.29 is 43.5 Å². The van der Waals surface area contributed by atoms with Crippen LogP contribution in [0.3, 0.4) is 0 Å². The number of aliphatic carboxylic acids is 2. The predicted octanol–water partition coefficient (Wildman–Crippen LogP) is 3.12. The van der Waals surface area contributed by atoms with Crippen molar-refractivity contribution in [2.75, 3.05) is 21.3 Å². The maximum atomic E-state index is 13.7. The number of hydrogen-bond donors (Lipinski definition) is 3. The highest BCUT2D eigenvalue weighted by Crippen LogP contribution is 2.55. The van der Waals surface area contributed by atoms with E-state index in [1.807, 2.05) is 6.92 Å². The van der Waals surface area contributed by atoms with Gasteiger partial charge in [-0.15, -0.1) is 0 Å². The van der Waals surface area contributed by atoms with Crippen molar-refractivity contribution in [3.63, 3.8) is 0 Å². The lowest BCUT2D eigenvalue weighted by Gasteiger charge is -2.30. The maximum Gasteiger partial charge on any atom is 0.307 e. The molecule has 0 fully saturated rings. The Morgan fingerprint density at radius 3 is 2.10 bits per heavy atom. The fourth-order valence-electron chi connectivity index (χ4n) is 3.50. The first-order valence-corrected chi connectivity index (χ1v) is 11.4. The first kappa shape index (κ1) is 25.8. The number of methoxy groups -OCH3 is 3. The molecule has 0 aromatic heterocycles. The summed E-state index contributed by atoms with van der Waals surface area (Å²) in [6, 6.07) is 2.82. The molecular formula is C20H31O9P. The van der Waals surface area contributed by atoms with Gasteiger partial charge in [0.05, 0.1) is 38.2 Å². The van der Waals surface area contributed by atoms with Crippen LogP contribution in [0.2, 0.25) is 0 Å². The van der Waals surface area contributed by atoms with E-state index in [0.717, 1.165) is 12.8 Å². The van der Waals surface area contributed by atoms with Crippen molar-refractivity contribution in [1.82, 2.24) is 0 Å². The summed E-state index contributed by atoms with van der Waals surface area (Å²) >= 11 is 0. The van der Waals surface area contributed by atoms with Gasteiger partial charge < -0.3 is 29.3 Å². The van der Waals surface area contributed by atoms with Crippen molar-refractivity contribution in [3.8, 4) is 17.2 Å². The predicted molar refractivity (Wildman–Crippen MR) is 111 cm³/mol. The molecule has 0 heterocycles. The average molecular weight is 446 g/mol. The largest absolute Gasteiger partial charge is 0.493 e. The van der Waals surface area contributed by atoms with Crippen LogP contribution in [0.5, 0.6) is 17.2 Å². The molecule has 0 bridgehead atoms. The second-order valence-electron chi connectivity index (χ2n) is 6.92. The molecule has 0 spiro atoms. The van der Waals surface area contributed by atoms with Gasteiger partial charge in [0.2, 0.25) is 13.1 Å². The van der Waals surface area contributed by atoms with Crippen molar-refractivity contribution in [2.24, 2.45) is 5.92 Å². The summed E-state index contributed by atoms with van der Waals surface area (Å²) < 4.78 is 29.5. The van der Waals surface area contributed by atoms with E-state index in [1.165, 1.54) is 33.5 Å². The van der Waals surface area contributed by atoms with E-state index in [2.05, 4.69) is 0 Å². The smallest absolute Gasteiger partial charge is 0.307 e. The lowest BCUT2D eigenvalue weighted by molar-refractivity contribution is -0.143. The minimum Gasteiger partial charge on any atom is -0.493 e. The molecular weight excluding hydrogens is 415 g/mol. The van der Waals surface area contributed by atoms with Crippen LogP contribution in [-0.4, -0.2) is 54.0 Å². The van der Waals surface area contributed by atoms with Gasteiger partial charge in [-0.2, -0.15) is 0 Å². The molecule has 10 heteroatoms. The number of carboxylic acids is 2. The monoisotopic (exact) mass is 446 g/mol. The highest BCUT2D eigenvalue weighted by Gasteiger charge is 2.44. The normalized spacial score (nSPS) is 15.0. The molecule has 1 aromatic rings. The number of ether oxygens (including phenoxy) is 3. The number of carboxylic acid groups (broad SMARTS) is 2. The Morgan fingerprint density at radius 1 is 1.00 bits per heavy atom. The van der Waals surface area contributed by atoms with E-state index >= 15 is 0 Å². The molecule has 0 aliphatic carbocycles.